The van der Waals surface area contributed by atoms with Crippen LogP contribution in [0.25, 0.3) is 0 Å². The van der Waals surface area contributed by atoms with E-state index >= 15 is 0 Å². The highest BCUT2D eigenvalue weighted by Gasteiger charge is 2.14. The first-order valence-corrected chi connectivity index (χ1v) is 7.82. The molecule has 1 saturated heterocycles. The number of rotatable bonds is 5. The lowest BCUT2D eigenvalue weighted by molar-refractivity contribution is 0.0134. The molecule has 19 heavy (non-hydrogen) atoms. The number of halogens is 1. The Kier molecular flexibility index (Phi) is 5.60. The quantitative estimate of drug-likeness (QED) is 0.804. The van der Waals surface area contributed by atoms with Gasteiger partial charge in [-0.15, -0.1) is 0 Å². The van der Waals surface area contributed by atoms with E-state index in [1.807, 2.05) is 18.2 Å². The van der Waals surface area contributed by atoms with Crippen LogP contribution in [0.4, 0.5) is 5.69 Å². The van der Waals surface area contributed by atoms with Crippen LogP contribution < -0.4 is 11.1 Å². The summed E-state index contributed by atoms with van der Waals surface area (Å²) in [6.45, 7) is 1.77. The summed E-state index contributed by atoms with van der Waals surface area (Å²) in [6, 6.07) is 5.93. The Balaban J connectivity index is 1.92. The molecule has 0 saturated carbocycles. The first-order valence-electron chi connectivity index (χ1n) is 6.62. The van der Waals surface area contributed by atoms with Gasteiger partial charge in [0, 0.05) is 28.9 Å². The lowest BCUT2D eigenvalue weighted by Crippen LogP contribution is -2.22. The van der Waals surface area contributed by atoms with Crippen LogP contribution in [0.15, 0.2) is 22.7 Å². The summed E-state index contributed by atoms with van der Waals surface area (Å²) in [5, 5.41) is 3.41. The Labute approximate surface area is 128 Å². The van der Waals surface area contributed by atoms with Crippen LogP contribution >= 0.6 is 28.1 Å². The summed E-state index contributed by atoms with van der Waals surface area (Å²) < 4.78 is 6.65. The summed E-state index contributed by atoms with van der Waals surface area (Å²) in [5.41, 5.74) is 7.63. The normalized spacial score (nSPS) is 19.1. The van der Waals surface area contributed by atoms with Crippen molar-refractivity contribution in [1.29, 1.82) is 0 Å². The molecule has 0 aromatic heterocycles. The van der Waals surface area contributed by atoms with Gasteiger partial charge in [-0.3, -0.25) is 0 Å². The third-order valence-corrected chi connectivity index (χ3v) is 4.18. The van der Waals surface area contributed by atoms with Gasteiger partial charge in [-0.05, 0) is 53.7 Å². The van der Waals surface area contributed by atoms with Crippen molar-refractivity contribution in [2.75, 3.05) is 18.5 Å². The minimum Gasteiger partial charge on any atom is -0.389 e. The molecule has 1 aromatic rings. The van der Waals surface area contributed by atoms with Crippen LogP contribution in [0.3, 0.4) is 0 Å². The number of anilines is 1. The van der Waals surface area contributed by atoms with E-state index < -0.39 is 0 Å². The molecule has 5 heteroatoms. The van der Waals surface area contributed by atoms with Gasteiger partial charge in [-0.1, -0.05) is 18.3 Å². The Morgan fingerprint density at radius 1 is 1.47 bits per heavy atom. The van der Waals surface area contributed by atoms with E-state index in [0.29, 0.717) is 11.1 Å². The Bertz CT molecular complexity index is 447. The average Bonchev–Trinajstić information content (AvgIpc) is 2.39. The van der Waals surface area contributed by atoms with E-state index in [1.165, 1.54) is 19.3 Å². The number of hydrogen-bond acceptors (Lipinski definition) is 3. The van der Waals surface area contributed by atoms with Crippen molar-refractivity contribution in [1.82, 2.24) is 0 Å². The molecule has 0 amide bonds. The van der Waals surface area contributed by atoms with Crippen molar-refractivity contribution < 1.29 is 4.74 Å². The molecule has 0 aliphatic carbocycles. The molecule has 104 valence electrons. The topological polar surface area (TPSA) is 47.3 Å². The highest BCUT2D eigenvalue weighted by molar-refractivity contribution is 9.10. The molecule has 0 radical (unpaired) electrons. The van der Waals surface area contributed by atoms with Crippen molar-refractivity contribution in [2.45, 2.75) is 31.8 Å². The predicted molar refractivity (Wildman–Crippen MR) is 86.7 cm³/mol. The maximum absolute atomic E-state index is 5.77. The van der Waals surface area contributed by atoms with Crippen molar-refractivity contribution in [3.63, 3.8) is 0 Å². The molecule has 1 aliphatic rings. The zero-order valence-electron chi connectivity index (χ0n) is 10.8. The second-order valence-electron chi connectivity index (χ2n) is 4.73. The van der Waals surface area contributed by atoms with Crippen LogP contribution in [0, 0.1) is 0 Å². The fourth-order valence-electron chi connectivity index (χ4n) is 2.32. The van der Waals surface area contributed by atoms with Crippen LogP contribution in [0.2, 0.25) is 0 Å². The van der Waals surface area contributed by atoms with E-state index in [0.717, 1.165) is 35.3 Å². The number of nitrogens with two attached hydrogens (primary N) is 1. The maximum Gasteiger partial charge on any atom is 0.107 e. The highest BCUT2D eigenvalue weighted by Crippen LogP contribution is 2.25. The number of ether oxygens (including phenoxy) is 1. The van der Waals surface area contributed by atoms with Gasteiger partial charge in [-0.2, -0.15) is 0 Å². The van der Waals surface area contributed by atoms with Crippen LogP contribution in [0.1, 0.15) is 31.2 Å². The van der Waals surface area contributed by atoms with E-state index in [2.05, 4.69) is 21.2 Å². The number of benzene rings is 1. The SMILES string of the molecule is NC(=S)c1c(Br)cccc1NCCC1CCCCO1. The largest absolute Gasteiger partial charge is 0.389 e. The number of hydrogen-bond donors (Lipinski definition) is 2. The molecule has 0 spiro atoms. The van der Waals surface area contributed by atoms with Crippen molar-refractivity contribution in [2.24, 2.45) is 5.73 Å². The molecule has 0 bridgehead atoms. The molecule has 3 nitrogen and oxygen atoms in total. The summed E-state index contributed by atoms with van der Waals surface area (Å²) in [7, 11) is 0. The highest BCUT2D eigenvalue weighted by atomic mass is 79.9. The third-order valence-electron chi connectivity index (χ3n) is 3.32. The van der Waals surface area contributed by atoms with Gasteiger partial charge in [0.05, 0.1) is 6.10 Å². The molecule has 1 heterocycles. The molecule has 2 rings (SSSR count). The fourth-order valence-corrected chi connectivity index (χ4v) is 3.26. The molecule has 1 fully saturated rings. The summed E-state index contributed by atoms with van der Waals surface area (Å²) in [6.07, 6.45) is 5.05. The second-order valence-corrected chi connectivity index (χ2v) is 6.02. The third kappa shape index (κ3) is 4.16. The summed E-state index contributed by atoms with van der Waals surface area (Å²) >= 11 is 8.58. The van der Waals surface area contributed by atoms with Crippen molar-refractivity contribution in [3.8, 4) is 0 Å². The number of thiocarbonyl (C=S) groups is 1. The molecule has 1 unspecified atom stereocenters. The van der Waals surface area contributed by atoms with Gasteiger partial charge < -0.3 is 15.8 Å². The average molecular weight is 343 g/mol. The predicted octanol–water partition coefficient (Wildman–Crippen LogP) is 3.45. The minimum absolute atomic E-state index is 0.390. The Morgan fingerprint density at radius 3 is 3.00 bits per heavy atom. The Morgan fingerprint density at radius 2 is 2.32 bits per heavy atom. The molecule has 3 N–H and O–H groups in total. The van der Waals surface area contributed by atoms with Gasteiger partial charge in [0.1, 0.15) is 4.99 Å². The minimum atomic E-state index is 0.390. The van der Waals surface area contributed by atoms with E-state index in [9.17, 15) is 0 Å². The monoisotopic (exact) mass is 342 g/mol. The van der Waals surface area contributed by atoms with Crippen molar-refractivity contribution in [3.05, 3.63) is 28.2 Å². The first-order chi connectivity index (χ1) is 9.18. The zero-order valence-corrected chi connectivity index (χ0v) is 13.2. The van der Waals surface area contributed by atoms with Gasteiger partial charge in [0.2, 0.25) is 0 Å². The molecule has 1 atom stereocenters. The molecular formula is C14H19BrN2OS. The molecule has 1 aromatic carbocycles. The van der Waals surface area contributed by atoms with E-state index in [4.69, 9.17) is 22.7 Å². The van der Waals surface area contributed by atoms with Gasteiger partial charge >= 0.3 is 0 Å². The second kappa shape index (κ2) is 7.22. The van der Waals surface area contributed by atoms with Crippen LogP contribution in [0.5, 0.6) is 0 Å². The zero-order chi connectivity index (χ0) is 13.7. The van der Waals surface area contributed by atoms with Crippen LogP contribution in [-0.4, -0.2) is 24.2 Å². The Hall–Kier alpha value is -0.650. The summed E-state index contributed by atoms with van der Waals surface area (Å²) in [4.78, 5) is 0.406. The first kappa shape index (κ1) is 14.8. The fraction of sp³-hybridized carbons (Fsp3) is 0.500. The maximum atomic E-state index is 5.77. The van der Waals surface area contributed by atoms with E-state index in [1.54, 1.807) is 0 Å². The lowest BCUT2D eigenvalue weighted by atomic mass is 10.1. The number of nitrogens with one attached hydrogen (secondary N) is 1. The van der Waals surface area contributed by atoms with Gasteiger partial charge in [0.25, 0.3) is 0 Å². The lowest BCUT2D eigenvalue weighted by Gasteiger charge is -2.23. The van der Waals surface area contributed by atoms with Gasteiger partial charge in [0.15, 0.2) is 0 Å². The summed E-state index contributed by atoms with van der Waals surface area (Å²) in [5.74, 6) is 0. The molecular weight excluding hydrogens is 324 g/mol. The van der Waals surface area contributed by atoms with Crippen molar-refractivity contribution >= 4 is 38.8 Å². The molecule has 1 aliphatic heterocycles. The van der Waals surface area contributed by atoms with Gasteiger partial charge in [-0.25, -0.2) is 0 Å². The van der Waals surface area contributed by atoms with Crippen LogP contribution in [-0.2, 0) is 4.74 Å². The smallest absolute Gasteiger partial charge is 0.107 e. The standard InChI is InChI=1S/C14H19BrN2OS/c15-11-5-3-6-12(13(11)14(16)19)17-8-7-10-4-1-2-9-18-10/h3,5-6,10,17H,1-2,4,7-9H2,(H2,16,19). The van der Waals surface area contributed by atoms with E-state index in [-0.39, 0.29) is 0 Å².